The lowest BCUT2D eigenvalue weighted by Gasteiger charge is -2.38. The van der Waals surface area contributed by atoms with Gasteiger partial charge in [-0.15, -0.1) is 0 Å². The van der Waals surface area contributed by atoms with Crippen LogP contribution in [0.2, 0.25) is 0 Å². The summed E-state index contributed by atoms with van der Waals surface area (Å²) in [5, 5.41) is 0. The second-order valence-corrected chi connectivity index (χ2v) is 7.61. The van der Waals surface area contributed by atoms with Gasteiger partial charge in [0.2, 0.25) is 0 Å². The van der Waals surface area contributed by atoms with Gasteiger partial charge in [-0.3, -0.25) is 0 Å². The van der Waals surface area contributed by atoms with E-state index in [0.29, 0.717) is 18.6 Å². The van der Waals surface area contributed by atoms with Crippen LogP contribution in [0.3, 0.4) is 0 Å². The van der Waals surface area contributed by atoms with Crippen LogP contribution >= 0.6 is 0 Å². The molecule has 2 N–H and O–H groups in total. The Bertz CT molecular complexity index is 568. The molecule has 26 heavy (non-hydrogen) atoms. The van der Waals surface area contributed by atoms with Crippen LogP contribution in [-0.4, -0.2) is 38.9 Å². The number of nitrogens with two attached hydrogens (primary N) is 1. The summed E-state index contributed by atoms with van der Waals surface area (Å²) in [5.41, 5.74) is 9.54. The Balaban J connectivity index is 2.01. The highest BCUT2D eigenvalue weighted by Crippen LogP contribution is 2.32. The number of rotatable bonds is 9. The first kappa shape index (κ1) is 20.6. The zero-order valence-corrected chi connectivity index (χ0v) is 16.5. The summed E-state index contributed by atoms with van der Waals surface area (Å²) in [6.45, 7) is 6.04. The van der Waals surface area contributed by atoms with Crippen LogP contribution < -0.4 is 10.6 Å². The van der Waals surface area contributed by atoms with Gasteiger partial charge in [-0.25, -0.2) is 4.79 Å². The molecule has 5 nitrogen and oxygen atoms in total. The van der Waals surface area contributed by atoms with E-state index in [2.05, 4.69) is 35.6 Å². The number of nitrogen functional groups attached to an aromatic ring is 1. The van der Waals surface area contributed by atoms with Crippen molar-refractivity contribution in [3.05, 3.63) is 23.8 Å². The van der Waals surface area contributed by atoms with E-state index in [1.807, 2.05) is 6.07 Å². The lowest BCUT2D eigenvalue weighted by molar-refractivity contribution is -0.145. The van der Waals surface area contributed by atoms with E-state index in [1.54, 1.807) is 0 Å². The van der Waals surface area contributed by atoms with Crippen molar-refractivity contribution in [2.45, 2.75) is 58.4 Å². The number of hydrogen-bond donors (Lipinski definition) is 1. The quantitative estimate of drug-likeness (QED) is 0.411. The Hall–Kier alpha value is -1.75. The molecule has 1 aliphatic rings. The minimum atomic E-state index is -0.350. The molecule has 0 heterocycles. The topological polar surface area (TPSA) is 64.8 Å². The molecular formula is C21H34N2O3. The van der Waals surface area contributed by atoms with E-state index < -0.39 is 0 Å². The van der Waals surface area contributed by atoms with E-state index in [1.165, 1.54) is 39.2 Å². The summed E-state index contributed by atoms with van der Waals surface area (Å²) in [6.07, 6.45) is 7.23. The van der Waals surface area contributed by atoms with Crippen LogP contribution in [0.1, 0.15) is 51.5 Å². The number of carbonyl (C=O) groups is 1. The summed E-state index contributed by atoms with van der Waals surface area (Å²) < 4.78 is 9.89. The first-order chi connectivity index (χ1) is 12.5. The number of carbonyl (C=O) groups excluding carboxylic acids is 1. The van der Waals surface area contributed by atoms with E-state index in [9.17, 15) is 4.79 Å². The monoisotopic (exact) mass is 362 g/mol. The number of esters is 1. The molecule has 2 rings (SSSR count). The minimum absolute atomic E-state index is 0.00604. The predicted molar refractivity (Wildman–Crippen MR) is 106 cm³/mol. The fourth-order valence-corrected chi connectivity index (χ4v) is 3.66. The zero-order chi connectivity index (χ0) is 18.9. The van der Waals surface area contributed by atoms with Gasteiger partial charge in [-0.05, 0) is 42.9 Å². The molecule has 0 spiro atoms. The Kier molecular flexibility index (Phi) is 8.23. The third-order valence-electron chi connectivity index (χ3n) is 4.96. The Morgan fingerprint density at radius 2 is 2.00 bits per heavy atom. The molecule has 5 heteroatoms. The zero-order valence-electron chi connectivity index (χ0n) is 16.5. The highest BCUT2D eigenvalue weighted by Gasteiger charge is 2.23. The van der Waals surface area contributed by atoms with Gasteiger partial charge in [0, 0.05) is 12.6 Å². The molecule has 1 aromatic carbocycles. The van der Waals surface area contributed by atoms with Gasteiger partial charge in [0.15, 0.2) is 0 Å². The van der Waals surface area contributed by atoms with Gasteiger partial charge in [0.1, 0.15) is 6.61 Å². The van der Waals surface area contributed by atoms with E-state index in [4.69, 9.17) is 10.5 Å². The van der Waals surface area contributed by atoms with E-state index >= 15 is 0 Å². The SMILES string of the molecule is COC(=O)COCCc1ccc(N(CC(C)C)C2CCCCC2)c(N)c1. The van der Waals surface area contributed by atoms with Crippen molar-refractivity contribution in [1.29, 1.82) is 0 Å². The molecule has 1 fully saturated rings. The molecule has 0 aromatic heterocycles. The molecule has 0 saturated heterocycles. The van der Waals surface area contributed by atoms with Crippen molar-refractivity contribution in [2.24, 2.45) is 5.92 Å². The minimum Gasteiger partial charge on any atom is -0.467 e. The van der Waals surface area contributed by atoms with Crippen molar-refractivity contribution in [3.63, 3.8) is 0 Å². The number of hydrogen-bond acceptors (Lipinski definition) is 5. The number of anilines is 2. The van der Waals surface area contributed by atoms with Crippen LogP contribution in [0.5, 0.6) is 0 Å². The normalized spacial score (nSPS) is 15.2. The van der Waals surface area contributed by atoms with Gasteiger partial charge in [0.05, 0.1) is 25.1 Å². The van der Waals surface area contributed by atoms with Gasteiger partial charge >= 0.3 is 5.97 Å². The molecule has 0 unspecified atom stereocenters. The van der Waals surface area contributed by atoms with Crippen LogP contribution in [0.15, 0.2) is 18.2 Å². The number of methoxy groups -OCH3 is 1. The Labute approximate surface area is 157 Å². The summed E-state index contributed by atoms with van der Waals surface area (Å²) in [7, 11) is 1.36. The van der Waals surface area contributed by atoms with Crippen molar-refractivity contribution >= 4 is 17.3 Å². The highest BCUT2D eigenvalue weighted by atomic mass is 16.6. The molecule has 1 aromatic rings. The van der Waals surface area contributed by atoms with Crippen LogP contribution in [0.25, 0.3) is 0 Å². The van der Waals surface area contributed by atoms with Gasteiger partial charge in [-0.2, -0.15) is 0 Å². The van der Waals surface area contributed by atoms with Gasteiger partial charge in [0.25, 0.3) is 0 Å². The summed E-state index contributed by atoms with van der Waals surface area (Å²) in [6, 6.07) is 6.93. The second kappa shape index (κ2) is 10.4. The summed E-state index contributed by atoms with van der Waals surface area (Å²) in [5.74, 6) is 0.249. The average Bonchev–Trinajstić information content (AvgIpc) is 2.64. The standard InChI is InChI=1S/C21H34N2O3/c1-16(2)14-23(18-7-5-4-6-8-18)20-10-9-17(13-19(20)22)11-12-26-15-21(24)25-3/h9-10,13,16,18H,4-8,11-12,14-15,22H2,1-3H3. The number of benzene rings is 1. The molecule has 146 valence electrons. The lowest BCUT2D eigenvalue weighted by Crippen LogP contribution is -2.39. The highest BCUT2D eigenvalue weighted by molar-refractivity contribution is 5.70. The predicted octanol–water partition coefficient (Wildman–Crippen LogP) is 3.80. The number of ether oxygens (including phenoxy) is 2. The molecule has 1 aliphatic carbocycles. The smallest absolute Gasteiger partial charge is 0.331 e. The first-order valence-corrected chi connectivity index (χ1v) is 9.81. The van der Waals surface area contributed by atoms with Crippen LogP contribution in [0, 0.1) is 5.92 Å². The molecule has 0 aliphatic heterocycles. The fraction of sp³-hybridized carbons (Fsp3) is 0.667. The van der Waals surface area contributed by atoms with E-state index in [-0.39, 0.29) is 12.6 Å². The van der Waals surface area contributed by atoms with Crippen LogP contribution in [0.4, 0.5) is 11.4 Å². The summed E-state index contributed by atoms with van der Waals surface area (Å²) >= 11 is 0. The molecular weight excluding hydrogens is 328 g/mol. The maximum Gasteiger partial charge on any atom is 0.331 e. The first-order valence-electron chi connectivity index (χ1n) is 9.81. The number of nitrogens with zero attached hydrogens (tertiary/aromatic N) is 1. The molecule has 0 radical (unpaired) electrons. The summed E-state index contributed by atoms with van der Waals surface area (Å²) in [4.78, 5) is 13.6. The largest absolute Gasteiger partial charge is 0.467 e. The third-order valence-corrected chi connectivity index (χ3v) is 4.96. The fourth-order valence-electron chi connectivity index (χ4n) is 3.66. The van der Waals surface area contributed by atoms with Crippen molar-refractivity contribution in [3.8, 4) is 0 Å². The Morgan fingerprint density at radius 1 is 1.27 bits per heavy atom. The third kappa shape index (κ3) is 6.20. The van der Waals surface area contributed by atoms with Gasteiger partial charge in [-0.1, -0.05) is 39.2 Å². The van der Waals surface area contributed by atoms with Gasteiger partial charge < -0.3 is 20.1 Å². The molecule has 0 bridgehead atoms. The Morgan fingerprint density at radius 3 is 2.62 bits per heavy atom. The van der Waals surface area contributed by atoms with Crippen molar-refractivity contribution in [1.82, 2.24) is 0 Å². The molecule has 1 saturated carbocycles. The second-order valence-electron chi connectivity index (χ2n) is 7.61. The lowest BCUT2D eigenvalue weighted by atomic mass is 9.92. The van der Waals surface area contributed by atoms with Crippen molar-refractivity contribution in [2.75, 3.05) is 37.5 Å². The molecule has 0 atom stereocenters. The van der Waals surface area contributed by atoms with E-state index in [0.717, 1.165) is 29.9 Å². The molecule has 0 amide bonds. The maximum atomic E-state index is 11.1. The van der Waals surface area contributed by atoms with Crippen LogP contribution in [-0.2, 0) is 20.7 Å². The maximum absolute atomic E-state index is 11.1. The average molecular weight is 363 g/mol. The van der Waals surface area contributed by atoms with Crippen molar-refractivity contribution < 1.29 is 14.3 Å².